The number of nitrogens with zero attached hydrogens (tertiary/aromatic N) is 1. The molecule has 2 aromatic rings. The second-order valence-corrected chi connectivity index (χ2v) is 4.11. The molecule has 0 aliphatic carbocycles. The molecule has 0 bridgehead atoms. The molecule has 0 unspecified atom stereocenters. The van der Waals surface area contributed by atoms with Crippen molar-refractivity contribution in [3.63, 3.8) is 0 Å². The van der Waals surface area contributed by atoms with Crippen molar-refractivity contribution in [3.05, 3.63) is 27.8 Å². The summed E-state index contributed by atoms with van der Waals surface area (Å²) < 4.78 is 6.11. The van der Waals surface area contributed by atoms with E-state index in [-0.39, 0.29) is 0 Å². The summed E-state index contributed by atoms with van der Waals surface area (Å²) in [5.74, 6) is 0. The Labute approximate surface area is 81.3 Å². The van der Waals surface area contributed by atoms with E-state index < -0.39 is 0 Å². The van der Waals surface area contributed by atoms with Gasteiger partial charge in [-0.15, -0.1) is 0 Å². The van der Waals surface area contributed by atoms with E-state index >= 15 is 0 Å². The van der Waals surface area contributed by atoms with E-state index in [0.717, 1.165) is 19.6 Å². The van der Waals surface area contributed by atoms with Crippen molar-refractivity contribution >= 4 is 49.1 Å². The number of hydrogen-bond acceptors (Lipinski definition) is 2. The highest BCUT2D eigenvalue weighted by atomic mass is 79.9. The average molecular weight is 249 g/mol. The second kappa shape index (κ2) is 2.73. The summed E-state index contributed by atoms with van der Waals surface area (Å²) in [6.45, 7) is 0. The Bertz CT molecular complexity index is 398. The lowest BCUT2D eigenvalue weighted by Crippen LogP contribution is -1.67. The van der Waals surface area contributed by atoms with Crippen LogP contribution in [0, 0.1) is 0 Å². The van der Waals surface area contributed by atoms with E-state index in [0.29, 0.717) is 0 Å². The van der Waals surface area contributed by atoms with Crippen LogP contribution in [0.25, 0.3) is 10.1 Å². The molecule has 0 saturated carbocycles. The van der Waals surface area contributed by atoms with Gasteiger partial charge in [-0.25, -0.2) is 0 Å². The lowest BCUT2D eigenvalue weighted by atomic mass is 10.3. The minimum absolute atomic E-state index is 0.738. The predicted octanol–water partition coefficient (Wildman–Crippen LogP) is 3.71. The lowest BCUT2D eigenvalue weighted by Gasteiger charge is -1.94. The molecule has 4 heteroatoms. The van der Waals surface area contributed by atoms with Gasteiger partial charge in [0.25, 0.3) is 0 Å². The first-order chi connectivity index (χ1) is 5.29. The molecule has 0 aliphatic heterocycles. The number of fused-ring (bicyclic) bond motifs is 1. The summed E-state index contributed by atoms with van der Waals surface area (Å²) in [5, 5.41) is 1.87. The first-order valence-electron chi connectivity index (χ1n) is 2.97. The van der Waals surface area contributed by atoms with E-state index in [9.17, 15) is 0 Å². The Kier molecular flexibility index (Phi) is 1.87. The maximum absolute atomic E-state index is 5.88. The zero-order valence-electron chi connectivity index (χ0n) is 5.34. The first kappa shape index (κ1) is 7.53. The van der Waals surface area contributed by atoms with Crippen molar-refractivity contribution in [2.75, 3.05) is 0 Å². The van der Waals surface area contributed by atoms with Crippen LogP contribution < -0.4 is 0 Å². The van der Waals surface area contributed by atoms with E-state index in [2.05, 4.69) is 20.3 Å². The lowest BCUT2D eigenvalue weighted by molar-refractivity contribution is 1.60. The molecule has 0 atom stereocenters. The number of halogens is 2. The number of benzene rings is 1. The normalized spacial score (nSPS) is 10.7. The monoisotopic (exact) mass is 247 g/mol. The highest BCUT2D eigenvalue weighted by Crippen LogP contribution is 2.32. The highest BCUT2D eigenvalue weighted by molar-refractivity contribution is 9.10. The van der Waals surface area contributed by atoms with Crippen molar-refractivity contribution in [3.8, 4) is 0 Å². The summed E-state index contributed by atoms with van der Waals surface area (Å²) in [6.07, 6.45) is 1.83. The summed E-state index contributed by atoms with van der Waals surface area (Å²) in [5.41, 5.74) is 0. The van der Waals surface area contributed by atoms with Gasteiger partial charge in [0.05, 0.1) is 14.2 Å². The summed E-state index contributed by atoms with van der Waals surface area (Å²) >= 11 is 10.7. The third kappa shape index (κ3) is 1.17. The fourth-order valence-corrected chi connectivity index (χ4v) is 2.36. The van der Waals surface area contributed by atoms with Gasteiger partial charge in [0, 0.05) is 11.6 Å². The Morgan fingerprint density at radius 3 is 3.09 bits per heavy atom. The van der Waals surface area contributed by atoms with Gasteiger partial charge in [0.15, 0.2) is 0 Å². The Balaban J connectivity index is 2.93. The van der Waals surface area contributed by atoms with E-state index in [1.165, 1.54) is 11.5 Å². The Morgan fingerprint density at radius 1 is 1.45 bits per heavy atom. The third-order valence-corrected chi connectivity index (χ3v) is 3.88. The molecule has 1 nitrogen and oxygen atoms in total. The van der Waals surface area contributed by atoms with Crippen molar-refractivity contribution in [2.24, 2.45) is 0 Å². The molecule has 0 saturated heterocycles. The molecule has 1 heterocycles. The molecule has 0 aliphatic rings. The standard InChI is InChI=1S/C7H3BrClNS/c8-6-5(9)2-1-4-3-10-11-7(4)6/h1-3H. The molecule has 56 valence electrons. The smallest absolute Gasteiger partial charge is 0.0707 e. The largest absolute Gasteiger partial charge is 0.200 e. The Hall–Kier alpha value is -0.120. The molecule has 1 aromatic heterocycles. The quantitative estimate of drug-likeness (QED) is 0.692. The highest BCUT2D eigenvalue weighted by Gasteiger charge is 2.03. The summed E-state index contributed by atoms with van der Waals surface area (Å²) in [7, 11) is 0. The molecule has 0 spiro atoms. The van der Waals surface area contributed by atoms with Crippen molar-refractivity contribution in [1.82, 2.24) is 4.37 Å². The van der Waals surface area contributed by atoms with E-state index in [1.54, 1.807) is 0 Å². The van der Waals surface area contributed by atoms with Crippen molar-refractivity contribution < 1.29 is 0 Å². The van der Waals surface area contributed by atoms with Gasteiger partial charge in [0.1, 0.15) is 0 Å². The third-order valence-electron chi connectivity index (χ3n) is 1.42. The van der Waals surface area contributed by atoms with Gasteiger partial charge in [-0.05, 0) is 33.5 Å². The minimum Gasteiger partial charge on any atom is -0.200 e. The van der Waals surface area contributed by atoms with Gasteiger partial charge in [-0.1, -0.05) is 17.7 Å². The molecule has 2 rings (SSSR count). The topological polar surface area (TPSA) is 12.9 Å². The first-order valence-corrected chi connectivity index (χ1v) is 4.92. The van der Waals surface area contributed by atoms with Gasteiger partial charge in [-0.2, -0.15) is 4.37 Å². The predicted molar refractivity (Wildman–Crippen MR) is 52.3 cm³/mol. The SMILES string of the molecule is Clc1ccc2cnsc2c1Br. The Morgan fingerprint density at radius 2 is 2.27 bits per heavy atom. The summed E-state index contributed by atoms with van der Waals surface area (Å²) in [6, 6.07) is 3.83. The zero-order chi connectivity index (χ0) is 7.84. The maximum Gasteiger partial charge on any atom is 0.0707 e. The van der Waals surface area contributed by atoms with Crippen LogP contribution >= 0.6 is 39.1 Å². The summed E-state index contributed by atoms with van der Waals surface area (Å²) in [4.78, 5) is 0. The number of rotatable bonds is 0. The zero-order valence-corrected chi connectivity index (χ0v) is 8.50. The van der Waals surface area contributed by atoms with Gasteiger partial charge in [-0.3, -0.25) is 0 Å². The van der Waals surface area contributed by atoms with Gasteiger partial charge >= 0.3 is 0 Å². The van der Waals surface area contributed by atoms with Crippen LogP contribution in [0.15, 0.2) is 22.8 Å². The van der Waals surface area contributed by atoms with Crippen LogP contribution in [-0.2, 0) is 0 Å². The molecular weight excluding hydrogens is 246 g/mol. The van der Waals surface area contributed by atoms with Crippen molar-refractivity contribution in [2.45, 2.75) is 0 Å². The van der Waals surface area contributed by atoms with Gasteiger partial charge < -0.3 is 0 Å². The van der Waals surface area contributed by atoms with Crippen LogP contribution in [0.3, 0.4) is 0 Å². The molecule has 0 fully saturated rings. The average Bonchev–Trinajstić information content (AvgIpc) is 2.45. The van der Waals surface area contributed by atoms with Crippen LogP contribution in [0.1, 0.15) is 0 Å². The van der Waals surface area contributed by atoms with Crippen LogP contribution in [0.5, 0.6) is 0 Å². The number of aromatic nitrogens is 1. The molecular formula is C7H3BrClNS. The van der Waals surface area contributed by atoms with Crippen molar-refractivity contribution in [1.29, 1.82) is 0 Å². The minimum atomic E-state index is 0.738. The fraction of sp³-hybridized carbons (Fsp3) is 0. The molecule has 0 radical (unpaired) electrons. The molecule has 0 amide bonds. The maximum atomic E-state index is 5.88. The van der Waals surface area contributed by atoms with Crippen LogP contribution in [0.4, 0.5) is 0 Å². The van der Waals surface area contributed by atoms with Gasteiger partial charge in [0.2, 0.25) is 0 Å². The van der Waals surface area contributed by atoms with E-state index in [4.69, 9.17) is 11.6 Å². The molecule has 1 aromatic carbocycles. The van der Waals surface area contributed by atoms with Crippen LogP contribution in [0.2, 0.25) is 5.02 Å². The second-order valence-electron chi connectivity index (χ2n) is 2.11. The molecule has 0 N–H and O–H groups in total. The van der Waals surface area contributed by atoms with E-state index in [1.807, 2.05) is 18.3 Å². The molecule has 11 heavy (non-hydrogen) atoms. The van der Waals surface area contributed by atoms with Crippen LogP contribution in [-0.4, -0.2) is 4.37 Å². The fourth-order valence-electron chi connectivity index (χ4n) is 0.877. The number of hydrogen-bond donors (Lipinski definition) is 0.